The van der Waals surface area contributed by atoms with Gasteiger partial charge in [0.1, 0.15) is 5.76 Å². The van der Waals surface area contributed by atoms with Crippen LogP contribution in [0, 0.1) is 0 Å². The Morgan fingerprint density at radius 3 is 2.95 bits per heavy atom. The lowest BCUT2D eigenvalue weighted by atomic mass is 10.1. The van der Waals surface area contributed by atoms with E-state index in [1.807, 2.05) is 41.7 Å². The average molecular weight is 343 g/mol. The summed E-state index contributed by atoms with van der Waals surface area (Å²) in [7, 11) is 0. The first-order chi connectivity index (χ1) is 10.2. The molecule has 3 rings (SSSR count). The Morgan fingerprint density at radius 2 is 2.24 bits per heavy atom. The molecule has 2 heterocycles. The van der Waals surface area contributed by atoms with Crippen LogP contribution in [0.4, 0.5) is 0 Å². The van der Waals surface area contributed by atoms with Crippen LogP contribution in [-0.4, -0.2) is 22.0 Å². The quantitative estimate of drug-likeness (QED) is 0.643. The minimum atomic E-state index is 0.0104. The highest BCUT2D eigenvalue weighted by Crippen LogP contribution is 2.41. The largest absolute Gasteiger partial charge is 0.458 e. The van der Waals surface area contributed by atoms with Crippen LogP contribution in [0.2, 0.25) is 5.02 Å². The molecule has 0 amide bonds. The summed E-state index contributed by atoms with van der Waals surface area (Å²) < 4.78 is 6.00. The zero-order valence-electron chi connectivity index (χ0n) is 11.8. The van der Waals surface area contributed by atoms with Gasteiger partial charge in [0.25, 0.3) is 0 Å². The summed E-state index contributed by atoms with van der Waals surface area (Å²) in [6, 6.07) is 7.87. The van der Waals surface area contributed by atoms with E-state index in [4.69, 9.17) is 21.9 Å². The van der Waals surface area contributed by atoms with Crippen molar-refractivity contribution in [3.05, 3.63) is 35.0 Å². The maximum Gasteiger partial charge on any atom is 0.152 e. The highest BCUT2D eigenvalue weighted by Gasteiger charge is 2.34. The first kappa shape index (κ1) is 15.6. The van der Waals surface area contributed by atoms with Gasteiger partial charge in [0.15, 0.2) is 5.58 Å². The molecular formula is C15H19ClN2OS2. The first-order valence-electron chi connectivity index (χ1n) is 7.12. The molecule has 1 fully saturated rings. The van der Waals surface area contributed by atoms with Gasteiger partial charge in [-0.1, -0.05) is 30.7 Å². The number of rotatable bonds is 4. The maximum atomic E-state index is 6.21. The van der Waals surface area contributed by atoms with Crippen molar-refractivity contribution in [3.63, 3.8) is 0 Å². The number of hydrogen-bond acceptors (Lipinski definition) is 5. The second-order valence-electron chi connectivity index (χ2n) is 5.10. The van der Waals surface area contributed by atoms with Gasteiger partial charge < -0.3 is 4.42 Å². The molecule has 1 aromatic heterocycles. The number of nitrogens with one attached hydrogen (secondary N) is 1. The van der Waals surface area contributed by atoms with Crippen LogP contribution in [0.1, 0.15) is 25.1 Å². The van der Waals surface area contributed by atoms with Crippen LogP contribution in [0.15, 0.2) is 28.7 Å². The van der Waals surface area contributed by atoms with Crippen LogP contribution in [-0.2, 0) is 0 Å². The van der Waals surface area contributed by atoms with Crippen molar-refractivity contribution in [2.75, 3.05) is 11.5 Å². The lowest BCUT2D eigenvalue weighted by molar-refractivity contribution is 0.419. The number of halogens is 1. The number of fused-ring (bicyclic) bond motifs is 1. The van der Waals surface area contributed by atoms with Gasteiger partial charge in [-0.2, -0.15) is 23.5 Å². The van der Waals surface area contributed by atoms with E-state index in [1.165, 1.54) is 5.75 Å². The Kier molecular flexibility index (Phi) is 5.07. The van der Waals surface area contributed by atoms with Crippen molar-refractivity contribution in [1.29, 1.82) is 0 Å². The maximum absolute atomic E-state index is 6.21. The fraction of sp³-hybridized carbons (Fsp3) is 0.467. The molecule has 114 valence electrons. The van der Waals surface area contributed by atoms with Crippen LogP contribution < -0.4 is 11.3 Å². The molecule has 3 N–H and O–H groups in total. The second kappa shape index (κ2) is 6.84. The lowest BCUT2D eigenvalue weighted by Gasteiger charge is -2.34. The monoisotopic (exact) mass is 342 g/mol. The van der Waals surface area contributed by atoms with Gasteiger partial charge >= 0.3 is 0 Å². The third-order valence-electron chi connectivity index (χ3n) is 3.82. The molecule has 6 heteroatoms. The Balaban J connectivity index is 1.95. The molecule has 1 aliphatic heterocycles. The van der Waals surface area contributed by atoms with E-state index in [-0.39, 0.29) is 6.04 Å². The third-order valence-corrected chi connectivity index (χ3v) is 7.47. The van der Waals surface area contributed by atoms with Crippen LogP contribution in [0.5, 0.6) is 0 Å². The number of hydrazine groups is 1. The van der Waals surface area contributed by atoms with Crippen molar-refractivity contribution in [2.45, 2.75) is 29.9 Å². The molecular weight excluding hydrogens is 324 g/mol. The van der Waals surface area contributed by atoms with E-state index >= 15 is 0 Å². The fourth-order valence-corrected chi connectivity index (χ4v) is 6.22. The van der Waals surface area contributed by atoms with Gasteiger partial charge in [0, 0.05) is 27.4 Å². The summed E-state index contributed by atoms with van der Waals surface area (Å²) in [5.41, 5.74) is 3.71. The summed E-state index contributed by atoms with van der Waals surface area (Å²) in [4.78, 5) is 0. The standard InChI is InChI=1S/C15H19ClN2OS2/c1-2-12-15(21-7-6-20-12)13(18-17)11-8-9-4-3-5-10(16)14(9)19-11/h3-5,8,12-13,15,18H,2,6-7,17H2,1H3. The minimum Gasteiger partial charge on any atom is -0.458 e. The molecule has 0 spiro atoms. The third kappa shape index (κ3) is 3.08. The molecule has 3 nitrogen and oxygen atoms in total. The number of hydrogen-bond donors (Lipinski definition) is 2. The van der Waals surface area contributed by atoms with Gasteiger partial charge in [-0.15, -0.1) is 0 Å². The summed E-state index contributed by atoms with van der Waals surface area (Å²) in [5, 5.41) is 2.68. The molecule has 1 saturated heterocycles. The van der Waals surface area contributed by atoms with E-state index in [9.17, 15) is 0 Å². The average Bonchev–Trinajstić information content (AvgIpc) is 2.94. The first-order valence-corrected chi connectivity index (χ1v) is 9.59. The molecule has 0 saturated carbocycles. The highest BCUT2D eigenvalue weighted by molar-refractivity contribution is 8.07. The molecule has 0 radical (unpaired) electrons. The predicted molar refractivity (Wildman–Crippen MR) is 94.1 cm³/mol. The molecule has 0 bridgehead atoms. The Hall–Kier alpha value is -0.330. The number of benzene rings is 1. The number of thioether (sulfide) groups is 2. The summed E-state index contributed by atoms with van der Waals surface area (Å²) in [5.74, 6) is 9.09. The van der Waals surface area contributed by atoms with E-state index in [0.29, 0.717) is 15.5 Å². The molecule has 21 heavy (non-hydrogen) atoms. The SMILES string of the molecule is CCC1SCCSC1C(NN)c1cc2cccc(Cl)c2o1. The van der Waals surface area contributed by atoms with E-state index in [2.05, 4.69) is 18.4 Å². The summed E-state index contributed by atoms with van der Waals surface area (Å²) >= 11 is 10.2. The molecule has 1 aliphatic rings. The van der Waals surface area contributed by atoms with E-state index in [0.717, 1.165) is 28.9 Å². The normalized spacial score (nSPS) is 24.3. The Morgan fingerprint density at radius 1 is 1.43 bits per heavy atom. The van der Waals surface area contributed by atoms with Gasteiger partial charge in [0.05, 0.1) is 11.1 Å². The van der Waals surface area contributed by atoms with Gasteiger partial charge in [-0.05, 0) is 18.6 Å². The smallest absolute Gasteiger partial charge is 0.152 e. The zero-order chi connectivity index (χ0) is 14.8. The lowest BCUT2D eigenvalue weighted by Crippen LogP contribution is -2.41. The number of para-hydroxylation sites is 1. The minimum absolute atomic E-state index is 0.0104. The molecule has 3 unspecified atom stereocenters. The van der Waals surface area contributed by atoms with Gasteiger partial charge in [-0.25, -0.2) is 5.43 Å². The van der Waals surface area contributed by atoms with Crippen molar-refractivity contribution in [2.24, 2.45) is 5.84 Å². The zero-order valence-corrected chi connectivity index (χ0v) is 14.2. The van der Waals surface area contributed by atoms with Crippen LogP contribution in [0.25, 0.3) is 11.0 Å². The topological polar surface area (TPSA) is 51.2 Å². The molecule has 3 atom stereocenters. The van der Waals surface area contributed by atoms with Crippen molar-refractivity contribution in [3.8, 4) is 0 Å². The second-order valence-corrected chi connectivity index (χ2v) is 8.14. The van der Waals surface area contributed by atoms with Crippen molar-refractivity contribution in [1.82, 2.24) is 5.43 Å². The molecule has 0 aliphatic carbocycles. The molecule has 2 aromatic rings. The fourth-order valence-electron chi connectivity index (χ4n) is 2.79. The van der Waals surface area contributed by atoms with Gasteiger partial charge in [-0.3, -0.25) is 5.84 Å². The van der Waals surface area contributed by atoms with Crippen molar-refractivity contribution >= 4 is 46.1 Å². The summed E-state index contributed by atoms with van der Waals surface area (Å²) in [6.45, 7) is 2.24. The van der Waals surface area contributed by atoms with E-state index < -0.39 is 0 Å². The van der Waals surface area contributed by atoms with Gasteiger partial charge in [0.2, 0.25) is 0 Å². The Bertz CT molecular complexity index is 619. The Labute approximate surface area is 138 Å². The van der Waals surface area contributed by atoms with E-state index in [1.54, 1.807) is 0 Å². The molecule has 1 aromatic carbocycles. The van der Waals surface area contributed by atoms with Crippen molar-refractivity contribution < 1.29 is 4.42 Å². The van der Waals surface area contributed by atoms with Crippen LogP contribution in [0.3, 0.4) is 0 Å². The highest BCUT2D eigenvalue weighted by atomic mass is 35.5. The summed E-state index contributed by atoms with van der Waals surface area (Å²) in [6.07, 6.45) is 1.14. The predicted octanol–water partition coefficient (Wildman–Crippen LogP) is 4.22. The number of furan rings is 1. The van der Waals surface area contributed by atoms with Crippen LogP contribution >= 0.6 is 35.1 Å². The number of nitrogens with two attached hydrogens (primary N) is 1.